The molecule has 0 saturated carbocycles. The van der Waals surface area contributed by atoms with Crippen LogP contribution in [0.4, 0.5) is 15.8 Å². The van der Waals surface area contributed by atoms with E-state index >= 15 is 0 Å². The first-order valence-corrected chi connectivity index (χ1v) is 4.82. The molecule has 0 N–H and O–H groups in total. The van der Waals surface area contributed by atoms with Crippen molar-refractivity contribution in [3.63, 3.8) is 0 Å². The minimum atomic E-state index is -0.205. The van der Waals surface area contributed by atoms with Crippen molar-refractivity contribution in [1.29, 1.82) is 0 Å². The summed E-state index contributed by atoms with van der Waals surface area (Å²) in [5.41, 5.74) is 1.56. The van der Waals surface area contributed by atoms with Crippen molar-refractivity contribution in [2.75, 3.05) is 11.9 Å². The zero-order valence-electron chi connectivity index (χ0n) is 8.52. The third-order valence-electron chi connectivity index (χ3n) is 2.36. The summed E-state index contributed by atoms with van der Waals surface area (Å²) in [6.07, 6.45) is 0. The third-order valence-corrected chi connectivity index (χ3v) is 2.36. The van der Waals surface area contributed by atoms with Gasteiger partial charge >= 0.3 is 0 Å². The van der Waals surface area contributed by atoms with Crippen LogP contribution in [0.25, 0.3) is 0 Å². The van der Waals surface area contributed by atoms with Crippen LogP contribution >= 0.6 is 0 Å². The summed E-state index contributed by atoms with van der Waals surface area (Å²) in [4.78, 5) is 1.83. The van der Waals surface area contributed by atoms with Gasteiger partial charge in [-0.25, -0.2) is 4.39 Å². The second-order valence-corrected chi connectivity index (χ2v) is 3.35. The quantitative estimate of drug-likeness (QED) is 0.717. The molecule has 0 saturated heterocycles. The van der Waals surface area contributed by atoms with Gasteiger partial charge in [-0.1, -0.05) is 30.3 Å². The number of rotatable bonds is 2. The number of para-hydroxylation sites is 2. The SMILES string of the molecule is CN(c1ccccc1)c1ccccc1F. The van der Waals surface area contributed by atoms with E-state index in [0.29, 0.717) is 5.69 Å². The average Bonchev–Trinajstić information content (AvgIpc) is 2.30. The lowest BCUT2D eigenvalue weighted by Gasteiger charge is -2.19. The Morgan fingerprint density at radius 3 is 2.13 bits per heavy atom. The summed E-state index contributed by atoms with van der Waals surface area (Å²) in [6.45, 7) is 0. The van der Waals surface area contributed by atoms with E-state index in [1.165, 1.54) is 6.07 Å². The highest BCUT2D eigenvalue weighted by atomic mass is 19.1. The van der Waals surface area contributed by atoms with Crippen LogP contribution in [-0.4, -0.2) is 7.05 Å². The monoisotopic (exact) mass is 201 g/mol. The van der Waals surface area contributed by atoms with Crippen LogP contribution < -0.4 is 4.90 Å². The van der Waals surface area contributed by atoms with E-state index in [0.717, 1.165) is 5.69 Å². The molecule has 2 rings (SSSR count). The molecule has 0 aliphatic rings. The Kier molecular flexibility index (Phi) is 2.68. The van der Waals surface area contributed by atoms with E-state index in [-0.39, 0.29) is 5.82 Å². The maximum atomic E-state index is 13.5. The van der Waals surface area contributed by atoms with Crippen molar-refractivity contribution >= 4 is 11.4 Å². The standard InChI is InChI=1S/C13H12FN/c1-15(11-7-3-2-4-8-11)13-10-6-5-9-12(13)14/h2-10H,1H3. The van der Waals surface area contributed by atoms with Gasteiger partial charge in [0.25, 0.3) is 0 Å². The van der Waals surface area contributed by atoms with Gasteiger partial charge in [-0.3, -0.25) is 0 Å². The molecule has 2 aromatic rings. The van der Waals surface area contributed by atoms with Gasteiger partial charge in [-0.15, -0.1) is 0 Å². The Balaban J connectivity index is 2.37. The van der Waals surface area contributed by atoms with E-state index in [2.05, 4.69) is 0 Å². The number of hydrogen-bond acceptors (Lipinski definition) is 1. The van der Waals surface area contributed by atoms with Crippen molar-refractivity contribution in [3.05, 3.63) is 60.4 Å². The van der Waals surface area contributed by atoms with E-state index in [1.807, 2.05) is 48.3 Å². The molecule has 2 heteroatoms. The molecule has 2 aromatic carbocycles. The Morgan fingerprint density at radius 2 is 1.47 bits per heavy atom. The van der Waals surface area contributed by atoms with Crippen molar-refractivity contribution < 1.29 is 4.39 Å². The summed E-state index contributed by atoms with van der Waals surface area (Å²) in [5, 5.41) is 0. The molecule has 0 aliphatic carbocycles. The molecule has 1 nitrogen and oxygen atoms in total. The fourth-order valence-electron chi connectivity index (χ4n) is 1.51. The van der Waals surface area contributed by atoms with Gasteiger partial charge in [0.05, 0.1) is 5.69 Å². The summed E-state index contributed by atoms with van der Waals surface area (Å²) >= 11 is 0. The molecule has 0 heterocycles. The highest BCUT2D eigenvalue weighted by Crippen LogP contribution is 2.25. The van der Waals surface area contributed by atoms with Crippen LogP contribution in [0.2, 0.25) is 0 Å². The zero-order chi connectivity index (χ0) is 10.7. The van der Waals surface area contributed by atoms with Crippen LogP contribution in [0.15, 0.2) is 54.6 Å². The summed E-state index contributed by atoms with van der Waals surface area (Å²) in [5.74, 6) is -0.205. The Bertz CT molecular complexity index is 439. The lowest BCUT2D eigenvalue weighted by atomic mass is 10.2. The molecule has 0 fully saturated rings. The second kappa shape index (κ2) is 4.13. The number of anilines is 2. The van der Waals surface area contributed by atoms with Crippen LogP contribution in [0.3, 0.4) is 0 Å². The smallest absolute Gasteiger partial charge is 0.146 e. The molecule has 0 aromatic heterocycles. The van der Waals surface area contributed by atoms with Gasteiger partial charge in [0, 0.05) is 12.7 Å². The highest BCUT2D eigenvalue weighted by molar-refractivity contribution is 5.62. The largest absolute Gasteiger partial charge is 0.342 e. The van der Waals surface area contributed by atoms with E-state index in [1.54, 1.807) is 12.1 Å². The Hall–Kier alpha value is -1.83. The number of nitrogens with zero attached hydrogens (tertiary/aromatic N) is 1. The van der Waals surface area contributed by atoms with Crippen LogP contribution in [0, 0.1) is 5.82 Å². The molecule has 0 amide bonds. The first-order chi connectivity index (χ1) is 7.29. The van der Waals surface area contributed by atoms with Crippen LogP contribution in [-0.2, 0) is 0 Å². The van der Waals surface area contributed by atoms with Crippen LogP contribution in [0.5, 0.6) is 0 Å². The molecule has 15 heavy (non-hydrogen) atoms. The normalized spacial score (nSPS) is 10.0. The molecule has 0 bridgehead atoms. The fraction of sp³-hybridized carbons (Fsp3) is 0.0769. The number of halogens is 1. The second-order valence-electron chi connectivity index (χ2n) is 3.35. The Morgan fingerprint density at radius 1 is 0.867 bits per heavy atom. The van der Waals surface area contributed by atoms with Gasteiger partial charge in [0.15, 0.2) is 0 Å². The molecule has 0 atom stereocenters. The lowest BCUT2D eigenvalue weighted by Crippen LogP contribution is -2.10. The maximum Gasteiger partial charge on any atom is 0.146 e. The van der Waals surface area contributed by atoms with Gasteiger partial charge < -0.3 is 4.90 Å². The van der Waals surface area contributed by atoms with Crippen molar-refractivity contribution in [1.82, 2.24) is 0 Å². The average molecular weight is 201 g/mol. The highest BCUT2D eigenvalue weighted by Gasteiger charge is 2.07. The summed E-state index contributed by atoms with van der Waals surface area (Å²) < 4.78 is 13.5. The van der Waals surface area contributed by atoms with Crippen LogP contribution in [0.1, 0.15) is 0 Å². The zero-order valence-corrected chi connectivity index (χ0v) is 8.52. The maximum absolute atomic E-state index is 13.5. The molecular formula is C13H12FN. The third kappa shape index (κ3) is 1.99. The van der Waals surface area contributed by atoms with Gasteiger partial charge in [-0.05, 0) is 24.3 Å². The molecule has 76 valence electrons. The molecule has 0 aliphatic heterocycles. The first kappa shape index (κ1) is 9.71. The van der Waals surface area contributed by atoms with Crippen molar-refractivity contribution in [2.24, 2.45) is 0 Å². The molecule has 0 unspecified atom stereocenters. The lowest BCUT2D eigenvalue weighted by molar-refractivity contribution is 0.627. The predicted octanol–water partition coefficient (Wildman–Crippen LogP) is 3.59. The van der Waals surface area contributed by atoms with E-state index in [9.17, 15) is 4.39 Å². The summed E-state index contributed by atoms with van der Waals surface area (Å²) in [7, 11) is 1.85. The summed E-state index contributed by atoms with van der Waals surface area (Å²) in [6, 6.07) is 16.5. The number of benzene rings is 2. The molecule has 0 radical (unpaired) electrons. The van der Waals surface area contributed by atoms with Crippen molar-refractivity contribution in [3.8, 4) is 0 Å². The Labute approximate surface area is 88.8 Å². The minimum absolute atomic E-state index is 0.205. The van der Waals surface area contributed by atoms with E-state index in [4.69, 9.17) is 0 Å². The topological polar surface area (TPSA) is 3.24 Å². The molecular weight excluding hydrogens is 189 g/mol. The fourth-order valence-corrected chi connectivity index (χ4v) is 1.51. The van der Waals surface area contributed by atoms with Gasteiger partial charge in [0.1, 0.15) is 5.82 Å². The van der Waals surface area contributed by atoms with Crippen molar-refractivity contribution in [2.45, 2.75) is 0 Å². The van der Waals surface area contributed by atoms with Gasteiger partial charge in [-0.2, -0.15) is 0 Å². The number of hydrogen-bond donors (Lipinski definition) is 0. The first-order valence-electron chi connectivity index (χ1n) is 4.82. The van der Waals surface area contributed by atoms with Gasteiger partial charge in [0.2, 0.25) is 0 Å². The minimum Gasteiger partial charge on any atom is -0.342 e. The predicted molar refractivity (Wildman–Crippen MR) is 60.9 cm³/mol. The molecule has 0 spiro atoms. The van der Waals surface area contributed by atoms with E-state index < -0.39 is 0 Å².